The molecule has 0 saturated carbocycles. The molecule has 2 N–H and O–H groups in total. The van der Waals surface area contributed by atoms with Crippen molar-refractivity contribution < 1.29 is 19.0 Å². The molecule has 170 valence electrons. The van der Waals surface area contributed by atoms with Crippen molar-refractivity contribution in [3.63, 3.8) is 0 Å². The van der Waals surface area contributed by atoms with Crippen LogP contribution in [0.2, 0.25) is 0 Å². The topological polar surface area (TPSA) is 76.4 Å². The molecule has 6 nitrogen and oxygen atoms in total. The summed E-state index contributed by atoms with van der Waals surface area (Å²) >= 11 is 0. The smallest absolute Gasteiger partial charge is 0.246 e. The number of ether oxygens (including phenoxy) is 1. The van der Waals surface area contributed by atoms with Crippen LogP contribution in [0, 0.1) is 5.82 Å². The summed E-state index contributed by atoms with van der Waals surface area (Å²) in [5.74, 6) is -0.136. The van der Waals surface area contributed by atoms with Gasteiger partial charge < -0.3 is 15.2 Å². The van der Waals surface area contributed by atoms with Gasteiger partial charge in [-0.05, 0) is 66.9 Å². The van der Waals surface area contributed by atoms with Crippen molar-refractivity contribution in [2.75, 3.05) is 6.61 Å². The van der Waals surface area contributed by atoms with Crippen LogP contribution in [-0.4, -0.2) is 33.4 Å². The number of hydrogen-bond acceptors (Lipinski definition) is 4. The molecule has 0 radical (unpaired) electrons. The number of nitrogens with zero attached hydrogens (tertiary/aromatic N) is 2. The van der Waals surface area contributed by atoms with E-state index in [1.165, 1.54) is 12.1 Å². The predicted molar refractivity (Wildman–Crippen MR) is 125 cm³/mol. The molecular weight excluding hydrogens is 421 g/mol. The molecule has 0 aliphatic heterocycles. The van der Waals surface area contributed by atoms with E-state index >= 15 is 0 Å². The van der Waals surface area contributed by atoms with Crippen molar-refractivity contribution in [1.82, 2.24) is 15.1 Å². The van der Waals surface area contributed by atoms with Crippen molar-refractivity contribution in [1.29, 1.82) is 0 Å². The molecule has 4 aromatic rings. The van der Waals surface area contributed by atoms with Gasteiger partial charge in [-0.3, -0.25) is 4.79 Å². The fourth-order valence-corrected chi connectivity index (χ4v) is 3.84. The Morgan fingerprint density at radius 2 is 1.94 bits per heavy atom. The third-order valence-electron chi connectivity index (χ3n) is 5.55. The van der Waals surface area contributed by atoms with Gasteiger partial charge in [-0.1, -0.05) is 31.2 Å². The minimum atomic E-state index is -0.583. The summed E-state index contributed by atoms with van der Waals surface area (Å²) in [6, 6.07) is 19.5. The maximum absolute atomic E-state index is 13.3. The molecule has 4 rings (SSSR count). The molecule has 0 fully saturated rings. The monoisotopic (exact) mass is 447 g/mol. The average molecular weight is 448 g/mol. The quantitative estimate of drug-likeness (QED) is 0.421. The summed E-state index contributed by atoms with van der Waals surface area (Å²) in [4.78, 5) is 11.8. The van der Waals surface area contributed by atoms with Crippen molar-refractivity contribution in [2.24, 2.45) is 0 Å². The van der Waals surface area contributed by atoms with Crippen LogP contribution in [0.5, 0.6) is 5.75 Å². The lowest BCUT2D eigenvalue weighted by Gasteiger charge is -2.27. The third kappa shape index (κ3) is 5.04. The highest BCUT2D eigenvalue weighted by Gasteiger charge is 2.23. The van der Waals surface area contributed by atoms with Gasteiger partial charge in [0.1, 0.15) is 24.3 Å². The summed E-state index contributed by atoms with van der Waals surface area (Å²) in [5, 5.41) is 17.2. The number of nitrogens with one attached hydrogen (secondary N) is 1. The van der Waals surface area contributed by atoms with Crippen molar-refractivity contribution in [3.05, 3.63) is 89.9 Å². The zero-order chi connectivity index (χ0) is 23.4. The van der Waals surface area contributed by atoms with Crippen molar-refractivity contribution >= 4 is 16.8 Å². The van der Waals surface area contributed by atoms with Crippen LogP contribution < -0.4 is 10.1 Å². The normalized spacial score (nSPS) is 13.0. The number of rotatable bonds is 8. The van der Waals surface area contributed by atoms with Gasteiger partial charge in [0, 0.05) is 5.39 Å². The molecule has 2 unspecified atom stereocenters. The Morgan fingerprint density at radius 3 is 2.67 bits per heavy atom. The first-order chi connectivity index (χ1) is 16.0. The highest BCUT2D eigenvalue weighted by atomic mass is 19.1. The molecule has 33 heavy (non-hydrogen) atoms. The maximum Gasteiger partial charge on any atom is 0.246 e. The number of carbonyl (C=O) groups is 1. The lowest BCUT2D eigenvalue weighted by molar-refractivity contribution is -0.125. The highest BCUT2D eigenvalue weighted by Crippen LogP contribution is 2.29. The summed E-state index contributed by atoms with van der Waals surface area (Å²) in [6.07, 6.45) is 2.15. The van der Waals surface area contributed by atoms with E-state index in [9.17, 15) is 9.18 Å². The fraction of sp³-hybridized carbons (Fsp3) is 0.231. The van der Waals surface area contributed by atoms with Crippen LogP contribution in [-0.2, 0) is 11.2 Å². The minimum absolute atomic E-state index is 0.300. The first-order valence-electron chi connectivity index (χ1n) is 10.9. The second-order valence-electron chi connectivity index (χ2n) is 7.90. The van der Waals surface area contributed by atoms with E-state index in [-0.39, 0.29) is 11.9 Å². The Kier molecular flexibility index (Phi) is 6.70. The second kappa shape index (κ2) is 9.83. The zero-order valence-corrected chi connectivity index (χ0v) is 18.5. The van der Waals surface area contributed by atoms with Crippen LogP contribution in [0.15, 0.2) is 72.9 Å². The average Bonchev–Trinajstić information content (AvgIpc) is 3.26. The Hall–Kier alpha value is -3.71. The highest BCUT2D eigenvalue weighted by molar-refractivity contribution is 5.81. The Morgan fingerprint density at radius 1 is 1.15 bits per heavy atom. The second-order valence-corrected chi connectivity index (χ2v) is 7.90. The first kappa shape index (κ1) is 22.5. The van der Waals surface area contributed by atoms with E-state index in [1.54, 1.807) is 23.0 Å². The molecule has 0 saturated heterocycles. The summed E-state index contributed by atoms with van der Waals surface area (Å²) in [7, 11) is 0. The maximum atomic E-state index is 13.3. The first-order valence-corrected chi connectivity index (χ1v) is 10.9. The van der Waals surface area contributed by atoms with Gasteiger partial charge in [0.05, 0.1) is 23.4 Å². The number of hydrogen-bond donors (Lipinski definition) is 2. The molecule has 1 heterocycles. The lowest BCUT2D eigenvalue weighted by Crippen LogP contribution is -2.40. The summed E-state index contributed by atoms with van der Waals surface area (Å²) in [6.45, 7) is 3.35. The lowest BCUT2D eigenvalue weighted by atomic mass is 10.00. The van der Waals surface area contributed by atoms with Crippen LogP contribution >= 0.6 is 0 Å². The van der Waals surface area contributed by atoms with E-state index in [2.05, 4.69) is 23.4 Å². The standard InChI is InChI=1S/C26H26FN3O3/c1-3-18-5-4-6-19(13-18)26(17(2)29-25(32)16-31)33-23-11-12-24-20(14-23)15-28-30(24)22-9-7-21(27)8-10-22/h4-15,17,26,31H,3,16H2,1-2H3,(H,29,32). The number of benzene rings is 3. The Bertz CT molecular complexity index is 1250. The minimum Gasteiger partial charge on any atom is -0.484 e. The van der Waals surface area contributed by atoms with Gasteiger partial charge in [0.15, 0.2) is 0 Å². The van der Waals surface area contributed by atoms with Crippen LogP contribution in [0.25, 0.3) is 16.6 Å². The van der Waals surface area contributed by atoms with Crippen LogP contribution in [0.1, 0.15) is 31.1 Å². The van der Waals surface area contributed by atoms with E-state index in [4.69, 9.17) is 9.84 Å². The number of carbonyl (C=O) groups excluding carboxylic acids is 1. The number of aromatic nitrogens is 2. The van der Waals surface area contributed by atoms with Gasteiger partial charge in [-0.15, -0.1) is 0 Å². The third-order valence-corrected chi connectivity index (χ3v) is 5.55. The Balaban J connectivity index is 1.65. The van der Waals surface area contributed by atoms with Crippen LogP contribution in [0.3, 0.4) is 0 Å². The largest absolute Gasteiger partial charge is 0.484 e. The fourth-order valence-electron chi connectivity index (χ4n) is 3.84. The van der Waals surface area contributed by atoms with Crippen molar-refractivity contribution in [3.8, 4) is 11.4 Å². The van der Waals surface area contributed by atoms with E-state index in [1.807, 2.05) is 43.3 Å². The molecular formula is C26H26FN3O3. The molecule has 3 aromatic carbocycles. The van der Waals surface area contributed by atoms with E-state index < -0.39 is 18.6 Å². The molecule has 1 amide bonds. The number of fused-ring (bicyclic) bond motifs is 1. The summed E-state index contributed by atoms with van der Waals surface area (Å²) in [5.41, 5.74) is 3.72. The number of aryl methyl sites for hydroxylation is 1. The summed E-state index contributed by atoms with van der Waals surface area (Å²) < 4.78 is 21.4. The molecule has 0 aliphatic rings. The van der Waals surface area contributed by atoms with Gasteiger partial charge in [0.25, 0.3) is 0 Å². The van der Waals surface area contributed by atoms with E-state index in [0.717, 1.165) is 34.1 Å². The number of aliphatic hydroxyl groups excluding tert-OH is 1. The molecule has 0 aliphatic carbocycles. The van der Waals surface area contributed by atoms with Gasteiger partial charge in [0.2, 0.25) is 5.91 Å². The van der Waals surface area contributed by atoms with Gasteiger partial charge in [-0.2, -0.15) is 5.10 Å². The predicted octanol–water partition coefficient (Wildman–Crippen LogP) is 4.34. The molecule has 0 spiro atoms. The molecule has 1 aromatic heterocycles. The molecule has 0 bridgehead atoms. The Labute approximate surface area is 191 Å². The van der Waals surface area contributed by atoms with Gasteiger partial charge >= 0.3 is 0 Å². The van der Waals surface area contributed by atoms with Crippen LogP contribution in [0.4, 0.5) is 4.39 Å². The SMILES string of the molecule is CCc1cccc(C(Oc2ccc3c(cnn3-c3ccc(F)cc3)c2)C(C)NC(=O)CO)c1. The van der Waals surface area contributed by atoms with E-state index in [0.29, 0.717) is 5.75 Å². The van der Waals surface area contributed by atoms with Crippen molar-refractivity contribution in [2.45, 2.75) is 32.4 Å². The molecule has 7 heteroatoms. The number of aliphatic hydroxyl groups is 1. The van der Waals surface area contributed by atoms with Gasteiger partial charge in [-0.25, -0.2) is 9.07 Å². The zero-order valence-electron chi connectivity index (χ0n) is 18.5. The molecule has 2 atom stereocenters. The number of halogens is 1. The number of amides is 1.